The maximum Gasteiger partial charge on any atom is 0.258 e. The van der Waals surface area contributed by atoms with Crippen molar-refractivity contribution in [1.29, 1.82) is 0 Å². The third-order valence-corrected chi connectivity index (χ3v) is 4.70. The number of aryl methyl sites for hydroxylation is 2. The Morgan fingerprint density at radius 2 is 1.60 bits per heavy atom. The van der Waals surface area contributed by atoms with Crippen molar-refractivity contribution in [2.45, 2.75) is 20.8 Å². The summed E-state index contributed by atoms with van der Waals surface area (Å²) in [6.07, 6.45) is 0. The Morgan fingerprint density at radius 3 is 2.24 bits per heavy atom. The number of carbonyl (C=O) groups is 2. The fraction of sp³-hybridized carbons (Fsp3) is 0.158. The highest BCUT2D eigenvalue weighted by Crippen LogP contribution is 2.27. The molecule has 0 atom stereocenters. The Kier molecular flexibility index (Phi) is 4.72. The quantitative estimate of drug-likeness (QED) is 0.732. The van der Waals surface area contributed by atoms with E-state index in [2.05, 4.69) is 15.2 Å². The van der Waals surface area contributed by atoms with Crippen LogP contribution in [0.1, 0.15) is 28.7 Å². The molecule has 5 nitrogen and oxygen atoms in total. The second-order valence-electron chi connectivity index (χ2n) is 5.81. The van der Waals surface area contributed by atoms with Crippen molar-refractivity contribution in [3.63, 3.8) is 0 Å². The van der Waals surface area contributed by atoms with Crippen molar-refractivity contribution in [2.75, 3.05) is 10.6 Å². The zero-order valence-electron chi connectivity index (χ0n) is 14.3. The number of amides is 2. The summed E-state index contributed by atoms with van der Waals surface area (Å²) in [6, 6.07) is 13.0. The lowest BCUT2D eigenvalue weighted by Crippen LogP contribution is -2.14. The largest absolute Gasteiger partial charge is 0.326 e. The summed E-state index contributed by atoms with van der Waals surface area (Å²) in [5.41, 5.74) is 4.07. The summed E-state index contributed by atoms with van der Waals surface area (Å²) in [7, 11) is 0. The van der Waals surface area contributed by atoms with Gasteiger partial charge in [-0.15, -0.1) is 11.3 Å². The summed E-state index contributed by atoms with van der Waals surface area (Å²) >= 11 is 1.53. The van der Waals surface area contributed by atoms with E-state index in [9.17, 15) is 9.59 Å². The van der Waals surface area contributed by atoms with E-state index >= 15 is 0 Å². The van der Waals surface area contributed by atoms with Crippen LogP contribution in [-0.4, -0.2) is 16.4 Å². The first-order valence-corrected chi connectivity index (χ1v) is 8.75. The molecule has 2 aromatic heterocycles. The highest BCUT2D eigenvalue weighted by molar-refractivity contribution is 7.13. The van der Waals surface area contributed by atoms with E-state index in [1.165, 1.54) is 18.3 Å². The Labute approximate surface area is 150 Å². The highest BCUT2D eigenvalue weighted by atomic mass is 32.1. The maximum absolute atomic E-state index is 12.7. The molecule has 0 fully saturated rings. The number of aromatic nitrogens is 1. The molecule has 2 amide bonds. The first-order valence-electron chi connectivity index (χ1n) is 7.87. The topological polar surface area (TPSA) is 63.1 Å². The van der Waals surface area contributed by atoms with Gasteiger partial charge in [0, 0.05) is 29.7 Å². The van der Waals surface area contributed by atoms with E-state index in [1.54, 1.807) is 24.3 Å². The molecule has 128 valence electrons. The second kappa shape index (κ2) is 6.94. The number of anilines is 2. The molecule has 0 saturated heterocycles. The molecular formula is C19H19N3O2S. The van der Waals surface area contributed by atoms with Crippen LogP contribution in [0.3, 0.4) is 0 Å². The first kappa shape index (κ1) is 17.0. The Balaban J connectivity index is 1.86. The van der Waals surface area contributed by atoms with Gasteiger partial charge in [-0.3, -0.25) is 9.59 Å². The van der Waals surface area contributed by atoms with Crippen LogP contribution in [0.25, 0.3) is 5.00 Å². The Bertz CT molecular complexity index is 920. The number of nitrogens with zero attached hydrogens (tertiary/aromatic N) is 1. The number of hydrogen-bond acceptors (Lipinski definition) is 3. The van der Waals surface area contributed by atoms with Crippen molar-refractivity contribution in [3.05, 3.63) is 64.8 Å². The van der Waals surface area contributed by atoms with Crippen molar-refractivity contribution >= 4 is 34.5 Å². The van der Waals surface area contributed by atoms with E-state index < -0.39 is 0 Å². The van der Waals surface area contributed by atoms with Gasteiger partial charge in [-0.2, -0.15) is 0 Å². The molecule has 6 heteroatoms. The molecule has 2 heterocycles. The first-order chi connectivity index (χ1) is 12.0. The average molecular weight is 353 g/mol. The van der Waals surface area contributed by atoms with E-state index in [0.29, 0.717) is 16.9 Å². The van der Waals surface area contributed by atoms with Crippen LogP contribution in [0, 0.1) is 13.8 Å². The number of thiophene rings is 1. The molecule has 25 heavy (non-hydrogen) atoms. The van der Waals surface area contributed by atoms with E-state index in [1.807, 2.05) is 37.4 Å². The fourth-order valence-corrected chi connectivity index (χ4v) is 3.73. The van der Waals surface area contributed by atoms with Crippen molar-refractivity contribution < 1.29 is 9.59 Å². The molecule has 0 aliphatic carbocycles. The average Bonchev–Trinajstić information content (AvgIpc) is 3.13. The van der Waals surface area contributed by atoms with E-state index in [-0.39, 0.29) is 11.8 Å². The normalized spacial score (nSPS) is 10.5. The van der Waals surface area contributed by atoms with E-state index in [4.69, 9.17) is 0 Å². The van der Waals surface area contributed by atoms with Gasteiger partial charge in [-0.25, -0.2) is 0 Å². The molecule has 0 saturated carbocycles. The second-order valence-corrected chi connectivity index (χ2v) is 6.70. The molecule has 0 spiro atoms. The van der Waals surface area contributed by atoms with Crippen molar-refractivity contribution in [3.8, 4) is 5.00 Å². The zero-order valence-corrected chi connectivity index (χ0v) is 15.1. The predicted molar refractivity (Wildman–Crippen MR) is 102 cm³/mol. The Morgan fingerprint density at radius 1 is 0.960 bits per heavy atom. The number of nitrogens with one attached hydrogen (secondary N) is 2. The maximum atomic E-state index is 12.7. The Hall–Kier alpha value is -2.86. The van der Waals surface area contributed by atoms with Gasteiger partial charge in [0.15, 0.2) is 0 Å². The smallest absolute Gasteiger partial charge is 0.258 e. The number of rotatable bonds is 4. The van der Waals surface area contributed by atoms with E-state index in [0.717, 1.165) is 16.4 Å². The van der Waals surface area contributed by atoms with Gasteiger partial charge in [0.1, 0.15) is 5.00 Å². The lowest BCUT2D eigenvalue weighted by Gasteiger charge is -2.11. The minimum absolute atomic E-state index is 0.151. The van der Waals surface area contributed by atoms with Gasteiger partial charge in [0.05, 0.1) is 5.56 Å². The minimum atomic E-state index is -0.177. The third kappa shape index (κ3) is 3.64. The van der Waals surface area contributed by atoms with Gasteiger partial charge in [0.25, 0.3) is 5.91 Å². The van der Waals surface area contributed by atoms with Crippen LogP contribution in [0.4, 0.5) is 11.4 Å². The molecule has 0 aliphatic heterocycles. The highest BCUT2D eigenvalue weighted by Gasteiger charge is 2.17. The van der Waals surface area contributed by atoms with Crippen LogP contribution < -0.4 is 10.6 Å². The zero-order chi connectivity index (χ0) is 18.0. The number of hydrogen-bond donors (Lipinski definition) is 2. The van der Waals surface area contributed by atoms with Gasteiger partial charge >= 0.3 is 0 Å². The van der Waals surface area contributed by atoms with Gasteiger partial charge in [-0.1, -0.05) is 6.07 Å². The summed E-state index contributed by atoms with van der Waals surface area (Å²) in [5, 5.41) is 8.42. The summed E-state index contributed by atoms with van der Waals surface area (Å²) < 4.78 is 2.08. The van der Waals surface area contributed by atoms with Crippen LogP contribution in [0.15, 0.2) is 47.8 Å². The van der Waals surface area contributed by atoms with Crippen molar-refractivity contribution in [2.24, 2.45) is 0 Å². The molecule has 0 bridgehead atoms. The predicted octanol–water partition coefficient (Wildman–Crippen LogP) is 4.37. The van der Waals surface area contributed by atoms with Crippen molar-refractivity contribution in [1.82, 2.24) is 4.57 Å². The molecule has 1 aromatic carbocycles. The molecule has 0 unspecified atom stereocenters. The van der Waals surface area contributed by atoms with Gasteiger partial charge in [-0.05, 0) is 55.6 Å². The van der Waals surface area contributed by atoms with Crippen LogP contribution >= 0.6 is 11.3 Å². The third-order valence-electron chi connectivity index (χ3n) is 3.80. The lowest BCUT2D eigenvalue weighted by atomic mass is 10.2. The summed E-state index contributed by atoms with van der Waals surface area (Å²) in [4.78, 5) is 23.9. The minimum Gasteiger partial charge on any atom is -0.326 e. The molecular weight excluding hydrogens is 334 g/mol. The van der Waals surface area contributed by atoms with Gasteiger partial charge < -0.3 is 15.2 Å². The number of benzene rings is 1. The SMILES string of the molecule is CC(=O)Nc1cccc(NC(=O)c2ccsc2-n2c(C)ccc2C)c1. The lowest BCUT2D eigenvalue weighted by molar-refractivity contribution is -0.114. The molecule has 3 aromatic rings. The number of carbonyl (C=O) groups excluding carboxylic acids is 2. The van der Waals surface area contributed by atoms with Crippen LogP contribution in [0.2, 0.25) is 0 Å². The van der Waals surface area contributed by atoms with Crippen LogP contribution in [0.5, 0.6) is 0 Å². The monoisotopic (exact) mass is 353 g/mol. The standard InChI is InChI=1S/C19H19N3O2S/c1-12-7-8-13(2)22(12)19-17(9-10-25-19)18(24)21-16-6-4-5-15(11-16)20-14(3)23/h4-11H,1-3H3,(H,20,23)(H,21,24). The molecule has 2 N–H and O–H groups in total. The summed E-state index contributed by atoms with van der Waals surface area (Å²) in [6.45, 7) is 5.49. The van der Waals surface area contributed by atoms with Gasteiger partial charge in [0.2, 0.25) is 5.91 Å². The molecule has 3 rings (SSSR count). The van der Waals surface area contributed by atoms with Crippen LogP contribution in [-0.2, 0) is 4.79 Å². The molecule has 0 aliphatic rings. The fourth-order valence-electron chi connectivity index (χ4n) is 2.71. The molecule has 0 radical (unpaired) electrons. The summed E-state index contributed by atoms with van der Waals surface area (Å²) in [5.74, 6) is -0.328.